The smallest absolute Gasteiger partial charge is 0.0639 e. The van der Waals surface area contributed by atoms with E-state index in [0.717, 1.165) is 24.7 Å². The van der Waals surface area contributed by atoms with Crippen molar-refractivity contribution in [1.29, 1.82) is 0 Å². The number of nitrogens with zero attached hydrogens (tertiary/aromatic N) is 1. The molecule has 2 nitrogen and oxygen atoms in total. The Bertz CT molecular complexity index is 378. The highest BCUT2D eigenvalue weighted by Gasteiger charge is 2.18. The molecule has 0 amide bonds. The average molecular weight is 253 g/mol. The van der Waals surface area contributed by atoms with E-state index < -0.39 is 0 Å². The Kier molecular flexibility index (Phi) is 4.30. The Morgan fingerprint density at radius 3 is 3.06 bits per heavy atom. The molecule has 1 atom stereocenters. The van der Waals surface area contributed by atoms with Crippen molar-refractivity contribution in [3.05, 3.63) is 28.8 Å². The fourth-order valence-electron chi connectivity index (χ4n) is 2.36. The Balaban J connectivity index is 2.21. The van der Waals surface area contributed by atoms with Crippen LogP contribution < -0.4 is 10.2 Å². The molecular formula is C14H21ClN2. The number of rotatable bonds is 2. The number of hydrogen-bond donors (Lipinski definition) is 1. The summed E-state index contributed by atoms with van der Waals surface area (Å²) in [4.78, 5) is 2.42. The molecule has 1 aromatic rings. The number of aryl methyl sites for hydroxylation is 1. The van der Waals surface area contributed by atoms with Gasteiger partial charge in [0.1, 0.15) is 0 Å². The number of halogens is 1. The van der Waals surface area contributed by atoms with Gasteiger partial charge in [-0.25, -0.2) is 0 Å². The average Bonchev–Trinajstić information content (AvgIpc) is 2.57. The Hall–Kier alpha value is -0.730. The number of benzene rings is 1. The highest BCUT2D eigenvalue weighted by Crippen LogP contribution is 2.27. The number of hydrogen-bond acceptors (Lipinski definition) is 2. The summed E-state index contributed by atoms with van der Waals surface area (Å²) in [6.45, 7) is 7.61. The highest BCUT2D eigenvalue weighted by molar-refractivity contribution is 6.33. The van der Waals surface area contributed by atoms with E-state index in [1.54, 1.807) is 0 Å². The van der Waals surface area contributed by atoms with Gasteiger partial charge >= 0.3 is 0 Å². The van der Waals surface area contributed by atoms with Gasteiger partial charge in [0.25, 0.3) is 0 Å². The maximum Gasteiger partial charge on any atom is 0.0639 e. The first-order valence-electron chi connectivity index (χ1n) is 6.45. The van der Waals surface area contributed by atoms with E-state index in [1.165, 1.54) is 24.1 Å². The van der Waals surface area contributed by atoms with Gasteiger partial charge < -0.3 is 10.2 Å². The highest BCUT2D eigenvalue weighted by atomic mass is 35.5. The maximum atomic E-state index is 6.31. The van der Waals surface area contributed by atoms with E-state index >= 15 is 0 Å². The molecule has 2 rings (SSSR count). The van der Waals surface area contributed by atoms with Crippen molar-refractivity contribution in [1.82, 2.24) is 5.32 Å². The molecular weight excluding hydrogens is 232 g/mol. The van der Waals surface area contributed by atoms with Gasteiger partial charge in [-0.2, -0.15) is 0 Å². The zero-order valence-corrected chi connectivity index (χ0v) is 11.4. The van der Waals surface area contributed by atoms with E-state index in [0.29, 0.717) is 6.04 Å². The van der Waals surface area contributed by atoms with Crippen molar-refractivity contribution in [2.75, 3.05) is 24.5 Å². The molecule has 1 aromatic carbocycles. The third kappa shape index (κ3) is 3.14. The zero-order valence-electron chi connectivity index (χ0n) is 10.7. The molecule has 0 spiro atoms. The van der Waals surface area contributed by atoms with Crippen molar-refractivity contribution < 1.29 is 0 Å². The van der Waals surface area contributed by atoms with E-state index in [2.05, 4.69) is 36.2 Å². The van der Waals surface area contributed by atoms with Crippen LogP contribution in [0.5, 0.6) is 0 Å². The third-order valence-corrected chi connectivity index (χ3v) is 3.73. The first-order valence-corrected chi connectivity index (χ1v) is 6.83. The molecule has 1 saturated heterocycles. The molecule has 0 bridgehead atoms. The van der Waals surface area contributed by atoms with Crippen molar-refractivity contribution in [3.8, 4) is 0 Å². The summed E-state index contributed by atoms with van der Waals surface area (Å²) in [7, 11) is 0. The molecule has 1 aliphatic heterocycles. The molecule has 1 N–H and O–H groups in total. The zero-order chi connectivity index (χ0) is 12.3. The summed E-state index contributed by atoms with van der Waals surface area (Å²) in [5.74, 6) is 0. The topological polar surface area (TPSA) is 15.3 Å². The van der Waals surface area contributed by atoms with Crippen molar-refractivity contribution in [2.45, 2.75) is 32.7 Å². The molecule has 0 aliphatic carbocycles. The van der Waals surface area contributed by atoms with E-state index in [1.807, 2.05) is 6.07 Å². The molecule has 3 heteroatoms. The molecule has 17 heavy (non-hydrogen) atoms. The van der Waals surface area contributed by atoms with E-state index in [4.69, 9.17) is 11.6 Å². The molecule has 1 fully saturated rings. The lowest BCUT2D eigenvalue weighted by Crippen LogP contribution is -2.37. The summed E-state index contributed by atoms with van der Waals surface area (Å²) in [6, 6.07) is 6.85. The Morgan fingerprint density at radius 2 is 2.29 bits per heavy atom. The first kappa shape index (κ1) is 12.7. The predicted octanol–water partition coefficient (Wildman–Crippen LogP) is 3.23. The standard InChI is InChI=1S/C14H21ClN2/c1-3-12-10-17(8-4-7-16-12)14-9-11(2)5-6-13(14)15/h5-6,9,12,16H,3-4,7-8,10H2,1-2H3. The lowest BCUT2D eigenvalue weighted by molar-refractivity contribution is 0.528. The van der Waals surface area contributed by atoms with Crippen LogP contribution >= 0.6 is 11.6 Å². The quantitative estimate of drug-likeness (QED) is 0.870. The fourth-order valence-corrected chi connectivity index (χ4v) is 2.59. The Morgan fingerprint density at radius 1 is 1.47 bits per heavy atom. The second kappa shape index (κ2) is 5.74. The largest absolute Gasteiger partial charge is 0.369 e. The van der Waals surface area contributed by atoms with Gasteiger partial charge in [-0.05, 0) is 44.0 Å². The summed E-state index contributed by atoms with van der Waals surface area (Å²) < 4.78 is 0. The van der Waals surface area contributed by atoms with Crippen LogP contribution in [0.3, 0.4) is 0 Å². The minimum absolute atomic E-state index is 0.578. The van der Waals surface area contributed by atoms with Crippen molar-refractivity contribution in [2.24, 2.45) is 0 Å². The predicted molar refractivity (Wildman–Crippen MR) is 75.1 cm³/mol. The van der Waals surface area contributed by atoms with Gasteiger partial charge in [0, 0.05) is 19.1 Å². The van der Waals surface area contributed by atoms with Gasteiger partial charge in [0.05, 0.1) is 10.7 Å². The van der Waals surface area contributed by atoms with E-state index in [9.17, 15) is 0 Å². The van der Waals surface area contributed by atoms with Gasteiger partial charge in [-0.1, -0.05) is 24.6 Å². The normalized spacial score (nSPS) is 21.4. The first-order chi connectivity index (χ1) is 8.20. The summed E-state index contributed by atoms with van der Waals surface area (Å²) in [5, 5.41) is 4.45. The van der Waals surface area contributed by atoms with Crippen molar-refractivity contribution >= 4 is 17.3 Å². The number of nitrogens with one attached hydrogen (secondary N) is 1. The lowest BCUT2D eigenvalue weighted by atomic mass is 10.1. The monoisotopic (exact) mass is 252 g/mol. The molecule has 0 radical (unpaired) electrons. The summed E-state index contributed by atoms with van der Waals surface area (Å²) in [5.41, 5.74) is 2.46. The SMILES string of the molecule is CCC1CN(c2cc(C)ccc2Cl)CCCN1. The second-order valence-electron chi connectivity index (χ2n) is 4.81. The summed E-state index contributed by atoms with van der Waals surface area (Å²) >= 11 is 6.31. The van der Waals surface area contributed by atoms with Crippen LogP contribution in [0.25, 0.3) is 0 Å². The number of anilines is 1. The molecule has 1 heterocycles. The van der Waals surface area contributed by atoms with Crippen LogP contribution in [0.15, 0.2) is 18.2 Å². The van der Waals surface area contributed by atoms with Gasteiger partial charge in [0.15, 0.2) is 0 Å². The van der Waals surface area contributed by atoms with Crippen LogP contribution in [0.2, 0.25) is 5.02 Å². The molecule has 1 aliphatic rings. The van der Waals surface area contributed by atoms with Crippen LogP contribution in [-0.2, 0) is 0 Å². The van der Waals surface area contributed by atoms with Crippen LogP contribution in [-0.4, -0.2) is 25.7 Å². The van der Waals surface area contributed by atoms with Crippen LogP contribution in [0.4, 0.5) is 5.69 Å². The maximum absolute atomic E-state index is 6.31. The molecule has 0 aromatic heterocycles. The van der Waals surface area contributed by atoms with Crippen molar-refractivity contribution in [3.63, 3.8) is 0 Å². The lowest BCUT2D eigenvalue weighted by Gasteiger charge is -2.27. The molecule has 94 valence electrons. The summed E-state index contributed by atoms with van der Waals surface area (Å²) in [6.07, 6.45) is 2.35. The third-order valence-electron chi connectivity index (χ3n) is 3.41. The van der Waals surface area contributed by atoms with Crippen LogP contribution in [0.1, 0.15) is 25.3 Å². The van der Waals surface area contributed by atoms with Gasteiger partial charge in [0.2, 0.25) is 0 Å². The fraction of sp³-hybridized carbons (Fsp3) is 0.571. The second-order valence-corrected chi connectivity index (χ2v) is 5.22. The van der Waals surface area contributed by atoms with Gasteiger partial charge in [-0.3, -0.25) is 0 Å². The Labute approximate surface area is 109 Å². The molecule has 0 saturated carbocycles. The van der Waals surface area contributed by atoms with Gasteiger partial charge in [-0.15, -0.1) is 0 Å². The van der Waals surface area contributed by atoms with Crippen LogP contribution in [0, 0.1) is 6.92 Å². The van der Waals surface area contributed by atoms with E-state index in [-0.39, 0.29) is 0 Å². The minimum atomic E-state index is 0.578. The minimum Gasteiger partial charge on any atom is -0.369 e. The molecule has 1 unspecified atom stereocenters.